The summed E-state index contributed by atoms with van der Waals surface area (Å²) in [6.07, 6.45) is 1.62. The molecule has 0 saturated carbocycles. The molecule has 0 radical (unpaired) electrons. The van der Waals surface area contributed by atoms with Crippen molar-refractivity contribution in [3.05, 3.63) is 52.7 Å². The lowest BCUT2D eigenvalue weighted by molar-refractivity contribution is 0.1000. The number of amides is 1. The predicted molar refractivity (Wildman–Crippen MR) is 72.4 cm³/mol. The minimum Gasteiger partial charge on any atom is -0.366 e. The second-order valence-corrected chi connectivity index (χ2v) is 4.57. The second kappa shape index (κ2) is 4.61. The zero-order valence-corrected chi connectivity index (χ0v) is 10.8. The number of pyridine rings is 1. The summed E-state index contributed by atoms with van der Waals surface area (Å²) in [5, 5.41) is 0. The van der Waals surface area contributed by atoms with Crippen molar-refractivity contribution in [1.82, 2.24) is 4.98 Å². The van der Waals surface area contributed by atoms with Crippen LogP contribution in [0.2, 0.25) is 0 Å². The van der Waals surface area contributed by atoms with Crippen LogP contribution in [0.3, 0.4) is 0 Å². The maximum Gasteiger partial charge on any atom is 0.248 e. The molecule has 2 aromatic rings. The van der Waals surface area contributed by atoms with Crippen molar-refractivity contribution in [1.29, 1.82) is 0 Å². The largest absolute Gasteiger partial charge is 0.366 e. The summed E-state index contributed by atoms with van der Waals surface area (Å²) in [5.41, 5.74) is 11.2. The third-order valence-corrected chi connectivity index (χ3v) is 2.98. The van der Waals surface area contributed by atoms with Crippen LogP contribution < -0.4 is 5.73 Å². The van der Waals surface area contributed by atoms with Gasteiger partial charge >= 0.3 is 0 Å². The first-order chi connectivity index (χ1) is 8.49. The smallest absolute Gasteiger partial charge is 0.248 e. The fourth-order valence-electron chi connectivity index (χ4n) is 2.30. The minimum atomic E-state index is -0.430. The fourth-order valence-corrected chi connectivity index (χ4v) is 2.30. The van der Waals surface area contributed by atoms with Gasteiger partial charge in [-0.3, -0.25) is 9.78 Å². The zero-order chi connectivity index (χ0) is 13.3. The molecule has 2 N–H and O–H groups in total. The molecule has 18 heavy (non-hydrogen) atoms. The van der Waals surface area contributed by atoms with E-state index in [9.17, 15) is 4.79 Å². The molecule has 0 fully saturated rings. The van der Waals surface area contributed by atoms with Crippen LogP contribution in [0.1, 0.15) is 27.0 Å². The summed E-state index contributed by atoms with van der Waals surface area (Å²) >= 11 is 0. The quantitative estimate of drug-likeness (QED) is 0.877. The molecule has 0 spiro atoms. The number of aryl methyl sites for hydroxylation is 3. The number of hydrogen-bond acceptors (Lipinski definition) is 2. The highest BCUT2D eigenvalue weighted by Gasteiger charge is 2.10. The van der Waals surface area contributed by atoms with E-state index in [1.807, 2.05) is 13.8 Å². The Kier molecular flexibility index (Phi) is 3.15. The molecule has 1 aromatic carbocycles. The van der Waals surface area contributed by atoms with E-state index in [0.717, 1.165) is 22.4 Å². The van der Waals surface area contributed by atoms with Crippen LogP contribution in [0, 0.1) is 20.8 Å². The fraction of sp³-hybridized carbons (Fsp3) is 0.200. The average molecular weight is 240 g/mol. The van der Waals surface area contributed by atoms with Crippen LogP contribution in [0.5, 0.6) is 0 Å². The summed E-state index contributed by atoms with van der Waals surface area (Å²) < 4.78 is 0. The van der Waals surface area contributed by atoms with Crippen molar-refractivity contribution in [2.75, 3.05) is 0 Å². The lowest BCUT2D eigenvalue weighted by atomic mass is 9.96. The summed E-state index contributed by atoms with van der Waals surface area (Å²) in [7, 11) is 0. The summed E-state index contributed by atoms with van der Waals surface area (Å²) in [5.74, 6) is -0.430. The number of aromatic nitrogens is 1. The molecular weight excluding hydrogens is 224 g/mol. The molecule has 0 aliphatic heterocycles. The molecule has 0 aliphatic carbocycles. The molecule has 0 atom stereocenters. The predicted octanol–water partition coefficient (Wildman–Crippen LogP) is 2.77. The average Bonchev–Trinajstić information content (AvgIpc) is 2.28. The number of nitrogens with two attached hydrogens (primary N) is 1. The minimum absolute atomic E-state index is 0.430. The summed E-state index contributed by atoms with van der Waals surface area (Å²) in [4.78, 5) is 15.5. The SMILES string of the molecule is Cc1cc(C)c(-c2cc(C(N)=O)ccn2)c(C)c1. The normalized spacial score (nSPS) is 10.4. The summed E-state index contributed by atoms with van der Waals surface area (Å²) in [6, 6.07) is 7.60. The van der Waals surface area contributed by atoms with Crippen LogP contribution in [-0.2, 0) is 0 Å². The lowest BCUT2D eigenvalue weighted by Crippen LogP contribution is -2.11. The Bertz CT molecular complexity index is 595. The van der Waals surface area contributed by atoms with Crippen LogP contribution in [0.15, 0.2) is 30.5 Å². The first kappa shape index (κ1) is 12.3. The van der Waals surface area contributed by atoms with Gasteiger partial charge in [0.15, 0.2) is 0 Å². The van der Waals surface area contributed by atoms with Gasteiger partial charge in [-0.25, -0.2) is 0 Å². The van der Waals surface area contributed by atoms with Gasteiger partial charge in [0.25, 0.3) is 0 Å². The Hall–Kier alpha value is -2.16. The Morgan fingerprint density at radius 1 is 1.11 bits per heavy atom. The van der Waals surface area contributed by atoms with Gasteiger partial charge in [0.1, 0.15) is 0 Å². The number of carbonyl (C=O) groups excluding carboxylic acids is 1. The third-order valence-electron chi connectivity index (χ3n) is 2.98. The molecule has 0 unspecified atom stereocenters. The van der Waals surface area contributed by atoms with Crippen LogP contribution >= 0.6 is 0 Å². The maximum atomic E-state index is 11.2. The van der Waals surface area contributed by atoms with E-state index in [1.165, 1.54) is 5.56 Å². The van der Waals surface area contributed by atoms with E-state index in [2.05, 4.69) is 24.0 Å². The Balaban J connectivity index is 2.62. The van der Waals surface area contributed by atoms with E-state index in [1.54, 1.807) is 18.3 Å². The second-order valence-electron chi connectivity index (χ2n) is 4.57. The van der Waals surface area contributed by atoms with Gasteiger partial charge in [0, 0.05) is 17.3 Å². The van der Waals surface area contributed by atoms with Crippen LogP contribution in [0.4, 0.5) is 0 Å². The van der Waals surface area contributed by atoms with Crippen molar-refractivity contribution >= 4 is 5.91 Å². The van der Waals surface area contributed by atoms with Crippen molar-refractivity contribution in [3.63, 3.8) is 0 Å². The van der Waals surface area contributed by atoms with Gasteiger partial charge in [0.05, 0.1) is 5.69 Å². The molecule has 3 nitrogen and oxygen atoms in total. The van der Waals surface area contributed by atoms with Crippen LogP contribution in [0.25, 0.3) is 11.3 Å². The van der Waals surface area contributed by atoms with E-state index >= 15 is 0 Å². The zero-order valence-electron chi connectivity index (χ0n) is 10.8. The molecular formula is C15H16N2O. The Labute approximate surface area is 107 Å². The number of nitrogens with zero attached hydrogens (tertiary/aromatic N) is 1. The van der Waals surface area contributed by atoms with Gasteiger partial charge in [-0.2, -0.15) is 0 Å². The van der Waals surface area contributed by atoms with Gasteiger partial charge < -0.3 is 5.73 Å². The summed E-state index contributed by atoms with van der Waals surface area (Å²) in [6.45, 7) is 6.17. The number of benzene rings is 1. The van der Waals surface area contributed by atoms with Crippen molar-refractivity contribution in [2.45, 2.75) is 20.8 Å². The van der Waals surface area contributed by atoms with Crippen molar-refractivity contribution in [3.8, 4) is 11.3 Å². The molecule has 1 heterocycles. The Morgan fingerprint density at radius 2 is 1.72 bits per heavy atom. The van der Waals surface area contributed by atoms with E-state index in [4.69, 9.17) is 5.73 Å². The highest BCUT2D eigenvalue weighted by Crippen LogP contribution is 2.27. The lowest BCUT2D eigenvalue weighted by Gasteiger charge is -2.11. The standard InChI is InChI=1S/C15H16N2O/c1-9-6-10(2)14(11(3)7-9)13-8-12(15(16)18)4-5-17-13/h4-8H,1-3H3,(H2,16,18). The number of carbonyl (C=O) groups is 1. The first-order valence-corrected chi connectivity index (χ1v) is 5.83. The molecule has 0 aliphatic rings. The van der Waals surface area contributed by atoms with E-state index in [-0.39, 0.29) is 0 Å². The number of rotatable bonds is 2. The molecule has 1 aromatic heterocycles. The van der Waals surface area contributed by atoms with Crippen molar-refractivity contribution < 1.29 is 4.79 Å². The monoisotopic (exact) mass is 240 g/mol. The van der Waals surface area contributed by atoms with E-state index < -0.39 is 5.91 Å². The third kappa shape index (κ3) is 2.25. The molecule has 0 saturated heterocycles. The van der Waals surface area contributed by atoms with Crippen LogP contribution in [-0.4, -0.2) is 10.9 Å². The highest BCUT2D eigenvalue weighted by molar-refractivity contribution is 5.93. The maximum absolute atomic E-state index is 11.2. The topological polar surface area (TPSA) is 56.0 Å². The molecule has 1 amide bonds. The van der Waals surface area contributed by atoms with Gasteiger partial charge in [-0.05, 0) is 44.0 Å². The van der Waals surface area contributed by atoms with Crippen molar-refractivity contribution in [2.24, 2.45) is 5.73 Å². The van der Waals surface area contributed by atoms with Gasteiger partial charge in [-0.15, -0.1) is 0 Å². The number of primary amides is 1. The van der Waals surface area contributed by atoms with Gasteiger partial charge in [0.2, 0.25) is 5.91 Å². The number of hydrogen-bond donors (Lipinski definition) is 1. The van der Waals surface area contributed by atoms with Gasteiger partial charge in [-0.1, -0.05) is 17.7 Å². The molecule has 0 bridgehead atoms. The highest BCUT2D eigenvalue weighted by atomic mass is 16.1. The Morgan fingerprint density at radius 3 is 2.28 bits per heavy atom. The first-order valence-electron chi connectivity index (χ1n) is 5.83. The molecule has 2 rings (SSSR count). The molecule has 92 valence electrons. The molecule has 3 heteroatoms. The van der Waals surface area contributed by atoms with E-state index in [0.29, 0.717) is 5.56 Å².